The molecule has 0 aliphatic heterocycles. The lowest BCUT2D eigenvalue weighted by Gasteiger charge is -1.99. The van der Waals surface area contributed by atoms with Crippen LogP contribution in [0.4, 0.5) is 4.39 Å². The van der Waals surface area contributed by atoms with Crippen LogP contribution in [0.15, 0.2) is 24.3 Å². The van der Waals surface area contributed by atoms with Gasteiger partial charge in [0, 0.05) is 12.7 Å². The summed E-state index contributed by atoms with van der Waals surface area (Å²) in [7, 11) is 0. The fraction of sp³-hybridized carbons (Fsp3) is 0.250. The molecule has 1 rings (SSSR count). The van der Waals surface area contributed by atoms with Crippen LogP contribution < -0.4 is 0 Å². The third-order valence-corrected chi connectivity index (χ3v) is 2.69. The van der Waals surface area contributed by atoms with Crippen molar-refractivity contribution >= 4 is 23.0 Å². The Morgan fingerprint density at radius 2 is 2.27 bits per heavy atom. The maximum Gasteiger partial charge on any atom is 0.186 e. The van der Waals surface area contributed by atoms with Crippen LogP contribution in [0.1, 0.15) is 18.1 Å². The van der Waals surface area contributed by atoms with Crippen LogP contribution in [0.25, 0.3) is 6.08 Å². The summed E-state index contributed by atoms with van der Waals surface area (Å²) in [4.78, 5) is 10.6. The molecule has 0 fully saturated rings. The van der Waals surface area contributed by atoms with Crippen molar-refractivity contribution in [1.82, 2.24) is 0 Å². The minimum Gasteiger partial charge on any atom is -0.288 e. The fourth-order valence-electron chi connectivity index (χ4n) is 1.13. The van der Waals surface area contributed by atoms with Crippen molar-refractivity contribution in [3.63, 3.8) is 0 Å². The third kappa shape index (κ3) is 4.30. The van der Waals surface area contributed by atoms with Crippen LogP contribution in [0.3, 0.4) is 0 Å². The van der Waals surface area contributed by atoms with Crippen molar-refractivity contribution in [2.45, 2.75) is 13.8 Å². The van der Waals surface area contributed by atoms with E-state index in [4.69, 9.17) is 0 Å². The molecule has 80 valence electrons. The van der Waals surface area contributed by atoms with Gasteiger partial charge < -0.3 is 0 Å². The highest BCUT2D eigenvalue weighted by atomic mass is 32.2. The zero-order valence-electron chi connectivity index (χ0n) is 8.79. The first-order valence-corrected chi connectivity index (χ1v) is 5.64. The second kappa shape index (κ2) is 5.71. The number of carbonyl (C=O) groups excluding carboxylic acids is 1. The van der Waals surface area contributed by atoms with Crippen molar-refractivity contribution in [3.8, 4) is 0 Å². The molecule has 1 aromatic carbocycles. The summed E-state index contributed by atoms with van der Waals surface area (Å²) < 4.78 is 12.9. The van der Waals surface area contributed by atoms with Crippen molar-refractivity contribution in [3.05, 3.63) is 41.2 Å². The first kappa shape index (κ1) is 12.0. The van der Waals surface area contributed by atoms with E-state index in [9.17, 15) is 9.18 Å². The summed E-state index contributed by atoms with van der Waals surface area (Å²) in [5.41, 5.74) is 1.89. The summed E-state index contributed by atoms with van der Waals surface area (Å²) >= 11 is 1.24. The SMILES string of the molecule is CC(=O)SCC=Cc1cc(F)ccc1C. The molecule has 0 heterocycles. The molecule has 0 saturated carbocycles. The maximum absolute atomic E-state index is 12.9. The highest BCUT2D eigenvalue weighted by Crippen LogP contribution is 2.12. The molecule has 0 saturated heterocycles. The van der Waals surface area contributed by atoms with Gasteiger partial charge in [0.15, 0.2) is 5.12 Å². The number of hydrogen-bond acceptors (Lipinski definition) is 2. The Morgan fingerprint density at radius 1 is 1.53 bits per heavy atom. The highest BCUT2D eigenvalue weighted by molar-refractivity contribution is 8.13. The molecule has 1 aromatic rings. The molecule has 0 aliphatic carbocycles. The third-order valence-electron chi connectivity index (χ3n) is 1.92. The number of halogens is 1. The number of carbonyl (C=O) groups is 1. The number of hydrogen-bond donors (Lipinski definition) is 0. The van der Waals surface area contributed by atoms with Crippen molar-refractivity contribution in [1.29, 1.82) is 0 Å². The van der Waals surface area contributed by atoms with Crippen LogP contribution in [0.5, 0.6) is 0 Å². The van der Waals surface area contributed by atoms with E-state index >= 15 is 0 Å². The monoisotopic (exact) mass is 224 g/mol. The van der Waals surface area contributed by atoms with Gasteiger partial charge in [-0.1, -0.05) is 30.0 Å². The van der Waals surface area contributed by atoms with Crippen molar-refractivity contribution < 1.29 is 9.18 Å². The van der Waals surface area contributed by atoms with Crippen LogP contribution >= 0.6 is 11.8 Å². The van der Waals surface area contributed by atoms with Gasteiger partial charge in [0.2, 0.25) is 0 Å². The van der Waals surface area contributed by atoms with Crippen molar-refractivity contribution in [2.24, 2.45) is 0 Å². The smallest absolute Gasteiger partial charge is 0.186 e. The predicted molar refractivity (Wildman–Crippen MR) is 63.3 cm³/mol. The van der Waals surface area contributed by atoms with Gasteiger partial charge in [-0.3, -0.25) is 4.79 Å². The molecule has 0 spiro atoms. The first-order valence-electron chi connectivity index (χ1n) is 4.65. The largest absolute Gasteiger partial charge is 0.288 e. The second-order valence-corrected chi connectivity index (χ2v) is 4.40. The molecule has 0 atom stereocenters. The Morgan fingerprint density at radius 3 is 2.93 bits per heavy atom. The average molecular weight is 224 g/mol. The molecule has 0 unspecified atom stereocenters. The zero-order valence-corrected chi connectivity index (χ0v) is 9.60. The minimum atomic E-state index is -0.237. The van der Waals surface area contributed by atoms with Crippen LogP contribution in [0.2, 0.25) is 0 Å². The molecular formula is C12H13FOS. The summed E-state index contributed by atoms with van der Waals surface area (Å²) in [5, 5.41) is 0.0932. The molecule has 0 aliphatic rings. The zero-order chi connectivity index (χ0) is 11.3. The van der Waals surface area contributed by atoms with Gasteiger partial charge in [0.25, 0.3) is 0 Å². The molecule has 0 aromatic heterocycles. The Hall–Kier alpha value is -1.09. The number of thioether (sulfide) groups is 1. The van der Waals surface area contributed by atoms with Crippen LogP contribution in [-0.4, -0.2) is 10.9 Å². The van der Waals surface area contributed by atoms with E-state index in [0.29, 0.717) is 5.75 Å². The van der Waals surface area contributed by atoms with E-state index in [2.05, 4.69) is 0 Å². The minimum absolute atomic E-state index is 0.0932. The molecule has 0 amide bonds. The normalized spacial score (nSPS) is 10.9. The van der Waals surface area contributed by atoms with Gasteiger partial charge in [-0.25, -0.2) is 4.39 Å². The predicted octanol–water partition coefficient (Wildman–Crippen LogP) is 3.43. The van der Waals surface area contributed by atoms with Gasteiger partial charge in [0.1, 0.15) is 5.82 Å². The van der Waals surface area contributed by atoms with E-state index in [1.54, 1.807) is 6.07 Å². The molecule has 1 nitrogen and oxygen atoms in total. The lowest BCUT2D eigenvalue weighted by molar-refractivity contribution is -0.109. The van der Waals surface area contributed by atoms with Gasteiger partial charge >= 0.3 is 0 Å². The maximum atomic E-state index is 12.9. The quantitative estimate of drug-likeness (QED) is 0.782. The summed E-state index contributed by atoms with van der Waals surface area (Å²) in [5.74, 6) is 0.394. The highest BCUT2D eigenvalue weighted by Gasteiger charge is 1.96. The molecule has 0 radical (unpaired) electrons. The first-order chi connectivity index (χ1) is 7.09. The Kier molecular flexibility index (Phi) is 4.56. The Balaban J connectivity index is 2.63. The lowest BCUT2D eigenvalue weighted by Crippen LogP contribution is -1.84. The molecular weight excluding hydrogens is 211 g/mol. The number of aryl methyl sites for hydroxylation is 1. The topological polar surface area (TPSA) is 17.1 Å². The summed E-state index contributed by atoms with van der Waals surface area (Å²) in [6, 6.07) is 4.67. The van der Waals surface area contributed by atoms with E-state index in [0.717, 1.165) is 11.1 Å². The Labute approximate surface area is 93.4 Å². The molecule has 0 N–H and O–H groups in total. The Bertz CT molecular complexity index is 385. The van der Waals surface area contributed by atoms with E-state index in [-0.39, 0.29) is 10.9 Å². The van der Waals surface area contributed by atoms with E-state index in [1.165, 1.54) is 30.8 Å². The van der Waals surface area contributed by atoms with Crippen LogP contribution in [0, 0.1) is 12.7 Å². The van der Waals surface area contributed by atoms with E-state index in [1.807, 2.05) is 19.1 Å². The number of rotatable bonds is 3. The lowest BCUT2D eigenvalue weighted by atomic mass is 10.1. The van der Waals surface area contributed by atoms with Crippen LogP contribution in [-0.2, 0) is 4.79 Å². The summed E-state index contributed by atoms with van der Waals surface area (Å²) in [6.45, 7) is 3.46. The molecule has 15 heavy (non-hydrogen) atoms. The van der Waals surface area contributed by atoms with Gasteiger partial charge in [-0.15, -0.1) is 0 Å². The van der Waals surface area contributed by atoms with E-state index < -0.39 is 0 Å². The van der Waals surface area contributed by atoms with Gasteiger partial charge in [-0.2, -0.15) is 0 Å². The standard InChI is InChI=1S/C12H13FOS/c1-9-5-6-12(13)8-11(9)4-3-7-15-10(2)14/h3-6,8H,7H2,1-2H3. The van der Waals surface area contributed by atoms with Gasteiger partial charge in [0.05, 0.1) is 0 Å². The summed E-state index contributed by atoms with van der Waals surface area (Å²) in [6.07, 6.45) is 3.71. The molecule has 3 heteroatoms. The molecule has 0 bridgehead atoms. The fourth-order valence-corrected chi connectivity index (χ4v) is 1.56. The number of benzene rings is 1. The second-order valence-electron chi connectivity index (χ2n) is 3.21. The van der Waals surface area contributed by atoms with Gasteiger partial charge in [-0.05, 0) is 30.2 Å². The average Bonchev–Trinajstić information content (AvgIpc) is 2.17. The van der Waals surface area contributed by atoms with Crippen molar-refractivity contribution in [2.75, 3.05) is 5.75 Å².